The van der Waals surface area contributed by atoms with Gasteiger partial charge >= 0.3 is 0 Å². The second kappa shape index (κ2) is 5.36. The minimum Gasteiger partial charge on any atom is -0.497 e. The molecule has 0 aliphatic heterocycles. The molecule has 0 aliphatic carbocycles. The molecule has 1 aromatic heterocycles. The van der Waals surface area contributed by atoms with Crippen molar-refractivity contribution < 1.29 is 14.1 Å². The summed E-state index contributed by atoms with van der Waals surface area (Å²) in [5, 5.41) is 6.56. The number of nitrogens with one attached hydrogen (secondary N) is 1. The molecule has 0 unspecified atom stereocenters. The first-order valence-corrected chi connectivity index (χ1v) is 6.33. The SMILES string of the molecule is COc1cccc(C(=O)Nc2cc(C(C)(C)C)on2)c1. The molecule has 1 aromatic carbocycles. The van der Waals surface area contributed by atoms with Crippen molar-refractivity contribution in [3.8, 4) is 5.75 Å². The van der Waals surface area contributed by atoms with Crippen molar-refractivity contribution in [1.29, 1.82) is 0 Å². The van der Waals surface area contributed by atoms with Gasteiger partial charge in [0.25, 0.3) is 5.91 Å². The molecule has 1 N–H and O–H groups in total. The average molecular weight is 274 g/mol. The molecule has 0 fully saturated rings. The fourth-order valence-electron chi connectivity index (χ4n) is 1.64. The summed E-state index contributed by atoms with van der Waals surface area (Å²) < 4.78 is 10.3. The summed E-state index contributed by atoms with van der Waals surface area (Å²) in [4.78, 5) is 12.1. The van der Waals surface area contributed by atoms with Gasteiger partial charge < -0.3 is 14.6 Å². The molecule has 0 saturated heterocycles. The number of nitrogens with zero attached hydrogens (tertiary/aromatic N) is 1. The molecule has 0 saturated carbocycles. The summed E-state index contributed by atoms with van der Waals surface area (Å²) in [6.45, 7) is 6.05. The molecule has 0 spiro atoms. The number of rotatable bonds is 3. The second-order valence-corrected chi connectivity index (χ2v) is 5.51. The van der Waals surface area contributed by atoms with Gasteiger partial charge in [-0.15, -0.1) is 0 Å². The van der Waals surface area contributed by atoms with E-state index < -0.39 is 0 Å². The summed E-state index contributed by atoms with van der Waals surface area (Å²) in [7, 11) is 1.56. The maximum absolute atomic E-state index is 12.1. The van der Waals surface area contributed by atoms with Crippen molar-refractivity contribution in [2.75, 3.05) is 12.4 Å². The Morgan fingerprint density at radius 2 is 2.05 bits per heavy atom. The summed E-state index contributed by atoms with van der Waals surface area (Å²) >= 11 is 0. The number of ether oxygens (including phenoxy) is 1. The third-order valence-electron chi connectivity index (χ3n) is 2.82. The highest BCUT2D eigenvalue weighted by molar-refractivity contribution is 6.03. The highest BCUT2D eigenvalue weighted by Gasteiger charge is 2.20. The molecule has 2 aromatic rings. The lowest BCUT2D eigenvalue weighted by Crippen LogP contribution is -2.12. The standard InChI is InChI=1S/C15H18N2O3/c1-15(2,3)12-9-13(17-20-12)16-14(18)10-6-5-7-11(8-10)19-4/h5-9H,1-4H3,(H,16,17,18). The Balaban J connectivity index is 2.13. The van der Waals surface area contributed by atoms with Crippen LogP contribution in [0.1, 0.15) is 36.9 Å². The number of carbonyl (C=O) groups excluding carboxylic acids is 1. The van der Waals surface area contributed by atoms with E-state index in [0.717, 1.165) is 5.76 Å². The van der Waals surface area contributed by atoms with Crippen molar-refractivity contribution in [1.82, 2.24) is 5.16 Å². The first-order chi connectivity index (χ1) is 9.40. The zero-order valence-corrected chi connectivity index (χ0v) is 12.1. The van der Waals surface area contributed by atoms with E-state index >= 15 is 0 Å². The van der Waals surface area contributed by atoms with Crippen molar-refractivity contribution >= 4 is 11.7 Å². The number of aromatic nitrogens is 1. The molecule has 5 heteroatoms. The van der Waals surface area contributed by atoms with Gasteiger partial charge in [0, 0.05) is 17.0 Å². The number of hydrogen-bond donors (Lipinski definition) is 1. The predicted molar refractivity (Wildman–Crippen MR) is 76.2 cm³/mol. The Kier molecular flexibility index (Phi) is 3.79. The van der Waals surface area contributed by atoms with Crippen LogP contribution in [0.3, 0.4) is 0 Å². The van der Waals surface area contributed by atoms with Gasteiger partial charge in [0.1, 0.15) is 11.5 Å². The van der Waals surface area contributed by atoms with Crippen LogP contribution >= 0.6 is 0 Å². The van der Waals surface area contributed by atoms with Gasteiger partial charge in [0.15, 0.2) is 5.82 Å². The number of carbonyl (C=O) groups is 1. The second-order valence-electron chi connectivity index (χ2n) is 5.51. The van der Waals surface area contributed by atoms with E-state index in [1.807, 2.05) is 20.8 Å². The fraction of sp³-hybridized carbons (Fsp3) is 0.333. The van der Waals surface area contributed by atoms with Gasteiger partial charge in [-0.1, -0.05) is 32.0 Å². The Labute approximate surface area is 117 Å². The highest BCUT2D eigenvalue weighted by Crippen LogP contribution is 2.24. The molecule has 5 nitrogen and oxygen atoms in total. The van der Waals surface area contributed by atoms with Crippen LogP contribution in [0.25, 0.3) is 0 Å². The maximum Gasteiger partial charge on any atom is 0.257 e. The van der Waals surface area contributed by atoms with Gasteiger partial charge in [-0.3, -0.25) is 4.79 Å². The van der Waals surface area contributed by atoms with Crippen molar-refractivity contribution in [2.45, 2.75) is 26.2 Å². The fourth-order valence-corrected chi connectivity index (χ4v) is 1.64. The quantitative estimate of drug-likeness (QED) is 0.933. The first-order valence-electron chi connectivity index (χ1n) is 6.33. The van der Waals surface area contributed by atoms with E-state index in [4.69, 9.17) is 9.26 Å². The van der Waals surface area contributed by atoms with E-state index in [1.165, 1.54) is 0 Å². The molecule has 0 bridgehead atoms. The molecule has 2 rings (SSSR count). The first kappa shape index (κ1) is 14.1. The third kappa shape index (κ3) is 3.17. The van der Waals surface area contributed by atoms with Gasteiger partial charge in [-0.25, -0.2) is 0 Å². The zero-order valence-electron chi connectivity index (χ0n) is 12.1. The number of amides is 1. The molecule has 1 heterocycles. The van der Waals surface area contributed by atoms with Crippen molar-refractivity contribution in [3.63, 3.8) is 0 Å². The maximum atomic E-state index is 12.1. The predicted octanol–water partition coefficient (Wildman–Crippen LogP) is 3.23. The van der Waals surface area contributed by atoms with Crippen LogP contribution in [-0.4, -0.2) is 18.2 Å². The lowest BCUT2D eigenvalue weighted by atomic mass is 9.93. The topological polar surface area (TPSA) is 64.4 Å². The monoisotopic (exact) mass is 274 g/mol. The number of anilines is 1. The summed E-state index contributed by atoms with van der Waals surface area (Å²) in [6, 6.07) is 8.66. The molecule has 20 heavy (non-hydrogen) atoms. The molecular weight excluding hydrogens is 256 g/mol. The normalized spacial score (nSPS) is 11.2. The van der Waals surface area contributed by atoms with E-state index in [9.17, 15) is 4.79 Å². The Bertz CT molecular complexity index is 612. The lowest BCUT2D eigenvalue weighted by Gasteiger charge is -2.12. The van der Waals surface area contributed by atoms with Crippen LogP contribution < -0.4 is 10.1 Å². The van der Waals surface area contributed by atoms with Crippen LogP contribution in [0.2, 0.25) is 0 Å². The van der Waals surface area contributed by atoms with Crippen molar-refractivity contribution in [3.05, 3.63) is 41.7 Å². The molecule has 0 radical (unpaired) electrons. The minimum atomic E-state index is -0.252. The number of hydrogen-bond acceptors (Lipinski definition) is 4. The lowest BCUT2D eigenvalue weighted by molar-refractivity contribution is 0.102. The van der Waals surface area contributed by atoms with Gasteiger partial charge in [-0.05, 0) is 18.2 Å². The van der Waals surface area contributed by atoms with E-state index in [0.29, 0.717) is 17.1 Å². The Hall–Kier alpha value is -2.30. The van der Waals surface area contributed by atoms with Crippen LogP contribution in [0.15, 0.2) is 34.9 Å². The number of methoxy groups -OCH3 is 1. The minimum absolute atomic E-state index is 0.147. The summed E-state index contributed by atoms with van der Waals surface area (Å²) in [5.41, 5.74) is 0.357. The van der Waals surface area contributed by atoms with Crippen LogP contribution in [0.5, 0.6) is 5.75 Å². The van der Waals surface area contributed by atoms with Crippen molar-refractivity contribution in [2.24, 2.45) is 0 Å². The zero-order chi connectivity index (χ0) is 14.8. The van der Waals surface area contributed by atoms with E-state index in [1.54, 1.807) is 37.4 Å². The van der Waals surface area contributed by atoms with Gasteiger partial charge in [-0.2, -0.15) is 0 Å². The molecule has 1 amide bonds. The molecule has 106 valence electrons. The van der Waals surface area contributed by atoms with Crippen LogP contribution in [0, 0.1) is 0 Å². The highest BCUT2D eigenvalue weighted by atomic mass is 16.5. The largest absolute Gasteiger partial charge is 0.497 e. The average Bonchev–Trinajstić information content (AvgIpc) is 2.87. The van der Waals surface area contributed by atoms with Gasteiger partial charge in [0.2, 0.25) is 0 Å². The molecular formula is C15H18N2O3. The summed E-state index contributed by atoms with van der Waals surface area (Å²) in [6.07, 6.45) is 0. The smallest absolute Gasteiger partial charge is 0.257 e. The number of benzene rings is 1. The Morgan fingerprint density at radius 1 is 1.30 bits per heavy atom. The third-order valence-corrected chi connectivity index (χ3v) is 2.82. The van der Waals surface area contributed by atoms with Crippen LogP contribution in [0.4, 0.5) is 5.82 Å². The van der Waals surface area contributed by atoms with E-state index in [2.05, 4.69) is 10.5 Å². The van der Waals surface area contributed by atoms with E-state index in [-0.39, 0.29) is 11.3 Å². The Morgan fingerprint density at radius 3 is 2.65 bits per heavy atom. The molecule has 0 aliphatic rings. The molecule has 0 atom stereocenters. The van der Waals surface area contributed by atoms with Crippen LogP contribution in [-0.2, 0) is 5.41 Å². The summed E-state index contributed by atoms with van der Waals surface area (Å²) in [5.74, 6) is 1.51. The van der Waals surface area contributed by atoms with Gasteiger partial charge in [0.05, 0.1) is 7.11 Å².